The van der Waals surface area contributed by atoms with Gasteiger partial charge in [0.25, 0.3) is 5.91 Å². The Balaban J connectivity index is 1.59. The predicted octanol–water partition coefficient (Wildman–Crippen LogP) is 5.01. The quantitative estimate of drug-likeness (QED) is 0.434. The monoisotopic (exact) mass is 579 g/mol. The van der Waals surface area contributed by atoms with Crippen molar-refractivity contribution < 1.29 is 24.2 Å². The lowest BCUT2D eigenvalue weighted by atomic mass is 10.0. The average molecular weight is 580 g/mol. The molecule has 0 unspecified atom stereocenters. The van der Waals surface area contributed by atoms with Crippen molar-refractivity contribution in [1.82, 2.24) is 9.80 Å². The Bertz CT molecular complexity index is 1160. The Kier molecular flexibility index (Phi) is 11.8. The van der Waals surface area contributed by atoms with Crippen molar-refractivity contribution in [3.05, 3.63) is 59.7 Å². The maximum Gasteiger partial charge on any atom is 0.258 e. The van der Waals surface area contributed by atoms with E-state index in [-0.39, 0.29) is 43.0 Å². The summed E-state index contributed by atoms with van der Waals surface area (Å²) >= 11 is 0. The fourth-order valence-corrected chi connectivity index (χ4v) is 5.57. The van der Waals surface area contributed by atoms with E-state index in [4.69, 9.17) is 9.47 Å². The van der Waals surface area contributed by atoms with Gasteiger partial charge in [0.05, 0.1) is 36.8 Å². The number of likely N-dealkylation sites (N-methyl/N-ethyl adjacent to an activating group) is 1. The van der Waals surface area contributed by atoms with Crippen molar-refractivity contribution in [2.75, 3.05) is 45.2 Å². The van der Waals surface area contributed by atoms with E-state index < -0.39 is 6.04 Å². The third-order valence-electron chi connectivity index (χ3n) is 8.30. The number of aliphatic hydroxyl groups is 1. The Morgan fingerprint density at radius 1 is 1.10 bits per heavy atom. The van der Waals surface area contributed by atoms with Gasteiger partial charge in [-0.25, -0.2) is 0 Å². The SMILES string of the molecule is C[C@H](CO)N1C[C@H](C)[C@@H](CN(C)CC2CC2)OCCCC[C@H](C)Oc2ccc(NC(=O)Cc3ccccc3)cc2C1=O. The van der Waals surface area contributed by atoms with Gasteiger partial charge in [0.2, 0.25) is 5.91 Å². The van der Waals surface area contributed by atoms with Crippen LogP contribution in [0.3, 0.4) is 0 Å². The summed E-state index contributed by atoms with van der Waals surface area (Å²) in [4.78, 5) is 31.2. The first kappa shape index (κ1) is 32.0. The van der Waals surface area contributed by atoms with Crippen LogP contribution in [-0.2, 0) is 16.0 Å². The lowest BCUT2D eigenvalue weighted by molar-refractivity contribution is -0.115. The lowest BCUT2D eigenvalue weighted by Crippen LogP contribution is -2.47. The molecule has 0 saturated heterocycles. The zero-order valence-corrected chi connectivity index (χ0v) is 25.8. The maximum absolute atomic E-state index is 14.2. The molecule has 2 N–H and O–H groups in total. The van der Waals surface area contributed by atoms with Crippen LogP contribution in [0.2, 0.25) is 0 Å². The summed E-state index contributed by atoms with van der Waals surface area (Å²) in [6, 6.07) is 14.4. The van der Waals surface area contributed by atoms with E-state index in [1.54, 1.807) is 23.1 Å². The summed E-state index contributed by atoms with van der Waals surface area (Å²) in [7, 11) is 2.15. The summed E-state index contributed by atoms with van der Waals surface area (Å²) < 4.78 is 12.8. The normalized spacial score (nSPS) is 23.0. The summed E-state index contributed by atoms with van der Waals surface area (Å²) in [5.41, 5.74) is 1.83. The van der Waals surface area contributed by atoms with Gasteiger partial charge in [-0.15, -0.1) is 0 Å². The van der Waals surface area contributed by atoms with Crippen LogP contribution >= 0.6 is 0 Å². The summed E-state index contributed by atoms with van der Waals surface area (Å²) in [5, 5.41) is 13.1. The van der Waals surface area contributed by atoms with Crippen LogP contribution in [0, 0.1) is 11.8 Å². The summed E-state index contributed by atoms with van der Waals surface area (Å²) in [5.74, 6) is 0.937. The highest BCUT2D eigenvalue weighted by atomic mass is 16.5. The Morgan fingerprint density at radius 2 is 1.86 bits per heavy atom. The average Bonchev–Trinajstić information content (AvgIpc) is 3.79. The second-order valence-electron chi connectivity index (χ2n) is 12.4. The number of aliphatic hydroxyl groups excluding tert-OH is 1. The van der Waals surface area contributed by atoms with Crippen molar-refractivity contribution in [2.24, 2.45) is 11.8 Å². The third-order valence-corrected chi connectivity index (χ3v) is 8.30. The van der Waals surface area contributed by atoms with Crippen LogP contribution in [0.5, 0.6) is 5.75 Å². The molecule has 2 aromatic rings. The van der Waals surface area contributed by atoms with E-state index in [1.807, 2.05) is 44.2 Å². The highest BCUT2D eigenvalue weighted by molar-refractivity contribution is 6.00. The van der Waals surface area contributed by atoms with Crippen LogP contribution in [0.4, 0.5) is 5.69 Å². The van der Waals surface area contributed by atoms with Crippen molar-refractivity contribution in [1.29, 1.82) is 0 Å². The molecule has 8 nitrogen and oxygen atoms in total. The van der Waals surface area contributed by atoms with Gasteiger partial charge >= 0.3 is 0 Å². The number of hydrogen-bond donors (Lipinski definition) is 2. The largest absolute Gasteiger partial charge is 0.490 e. The van der Waals surface area contributed by atoms with E-state index in [2.05, 4.69) is 24.2 Å². The molecule has 0 spiro atoms. The Hall–Kier alpha value is -2.94. The van der Waals surface area contributed by atoms with Gasteiger partial charge in [0.1, 0.15) is 5.75 Å². The number of nitrogens with one attached hydrogen (secondary N) is 1. The van der Waals surface area contributed by atoms with Crippen LogP contribution < -0.4 is 10.1 Å². The number of hydrogen-bond acceptors (Lipinski definition) is 6. The molecule has 0 bridgehead atoms. The minimum Gasteiger partial charge on any atom is -0.490 e. The topological polar surface area (TPSA) is 91.3 Å². The second kappa shape index (κ2) is 15.5. The first-order chi connectivity index (χ1) is 20.2. The molecule has 1 heterocycles. The van der Waals surface area contributed by atoms with Gasteiger partial charge in [-0.2, -0.15) is 0 Å². The number of amides is 2. The minimum absolute atomic E-state index is 0.0327. The van der Waals surface area contributed by atoms with Crippen molar-refractivity contribution in [3.63, 3.8) is 0 Å². The lowest BCUT2D eigenvalue weighted by Gasteiger charge is -2.36. The molecule has 2 amide bonds. The number of anilines is 1. The van der Waals surface area contributed by atoms with E-state index in [0.29, 0.717) is 30.2 Å². The van der Waals surface area contributed by atoms with Crippen molar-refractivity contribution in [3.8, 4) is 5.75 Å². The molecular formula is C34H49N3O5. The predicted molar refractivity (Wildman–Crippen MR) is 166 cm³/mol. The van der Waals surface area contributed by atoms with E-state index in [0.717, 1.165) is 43.8 Å². The van der Waals surface area contributed by atoms with Crippen molar-refractivity contribution in [2.45, 2.75) is 77.5 Å². The van der Waals surface area contributed by atoms with E-state index in [9.17, 15) is 14.7 Å². The van der Waals surface area contributed by atoms with Crippen LogP contribution in [0.1, 0.15) is 68.8 Å². The van der Waals surface area contributed by atoms with Gasteiger partial charge in [-0.3, -0.25) is 9.59 Å². The minimum atomic E-state index is -0.403. The van der Waals surface area contributed by atoms with E-state index in [1.165, 1.54) is 12.8 Å². The van der Waals surface area contributed by atoms with Gasteiger partial charge in [0, 0.05) is 37.8 Å². The number of benzene rings is 2. The van der Waals surface area contributed by atoms with Crippen LogP contribution in [-0.4, -0.2) is 84.9 Å². The fourth-order valence-electron chi connectivity index (χ4n) is 5.57. The first-order valence-corrected chi connectivity index (χ1v) is 15.6. The number of carbonyl (C=O) groups excluding carboxylic acids is 2. The zero-order chi connectivity index (χ0) is 30.1. The molecular weight excluding hydrogens is 530 g/mol. The summed E-state index contributed by atoms with van der Waals surface area (Å²) in [6.07, 6.45) is 5.46. The number of rotatable bonds is 9. The number of nitrogens with zero attached hydrogens (tertiary/aromatic N) is 2. The number of carbonyl (C=O) groups is 2. The smallest absolute Gasteiger partial charge is 0.258 e. The van der Waals surface area contributed by atoms with Gasteiger partial charge in [-0.1, -0.05) is 37.3 Å². The number of fused-ring (bicyclic) bond motifs is 1. The third kappa shape index (κ3) is 9.54. The fraction of sp³-hybridized carbons (Fsp3) is 0.588. The molecule has 8 heteroatoms. The second-order valence-corrected chi connectivity index (χ2v) is 12.4. The molecule has 2 aliphatic rings. The molecule has 1 fully saturated rings. The molecule has 230 valence electrons. The molecule has 4 rings (SSSR count). The van der Waals surface area contributed by atoms with Gasteiger partial charge < -0.3 is 29.7 Å². The zero-order valence-electron chi connectivity index (χ0n) is 25.8. The van der Waals surface area contributed by atoms with Crippen LogP contribution in [0.15, 0.2) is 48.5 Å². The van der Waals surface area contributed by atoms with Gasteiger partial charge in [0.15, 0.2) is 0 Å². The van der Waals surface area contributed by atoms with Crippen molar-refractivity contribution >= 4 is 17.5 Å². The molecule has 1 aliphatic heterocycles. The maximum atomic E-state index is 14.2. The Labute approximate surface area is 251 Å². The van der Waals surface area contributed by atoms with Crippen LogP contribution in [0.25, 0.3) is 0 Å². The molecule has 2 aromatic carbocycles. The molecule has 4 atom stereocenters. The summed E-state index contributed by atoms with van der Waals surface area (Å²) in [6.45, 7) is 8.83. The standard InChI is InChI=1S/C34H49N3O5/c1-24-20-37(25(2)23-38)34(40)30-19-29(35-33(39)18-27-11-6-5-7-12-27)15-16-31(30)42-26(3)10-8-9-17-41-32(24)22-36(4)21-28-13-14-28/h5-7,11-12,15-16,19,24-26,28,32,38H,8-10,13-14,17-18,20-23H2,1-4H3,(H,35,39)/t24-,25+,26-,32+/m0/s1. The molecule has 1 saturated carbocycles. The molecule has 0 radical (unpaired) electrons. The Morgan fingerprint density at radius 3 is 2.57 bits per heavy atom. The van der Waals surface area contributed by atoms with Gasteiger partial charge in [-0.05, 0) is 82.7 Å². The molecule has 42 heavy (non-hydrogen) atoms. The number of ether oxygens (including phenoxy) is 2. The molecule has 0 aromatic heterocycles. The van der Waals surface area contributed by atoms with E-state index >= 15 is 0 Å². The first-order valence-electron chi connectivity index (χ1n) is 15.6. The highest BCUT2D eigenvalue weighted by Gasteiger charge is 2.31. The highest BCUT2D eigenvalue weighted by Crippen LogP contribution is 2.30. The molecule has 1 aliphatic carbocycles.